The summed E-state index contributed by atoms with van der Waals surface area (Å²) < 4.78 is 14.9. The molecule has 4 rings (SSSR count). The molecule has 4 nitrogen and oxygen atoms in total. The van der Waals surface area contributed by atoms with Gasteiger partial charge in [0.2, 0.25) is 5.91 Å². The van der Waals surface area contributed by atoms with Crippen LogP contribution in [0.5, 0.6) is 0 Å². The first-order valence-corrected chi connectivity index (χ1v) is 9.63. The van der Waals surface area contributed by atoms with Crippen LogP contribution < -0.4 is 5.32 Å². The first-order chi connectivity index (χ1) is 12.7. The first-order valence-electron chi connectivity index (χ1n) is 8.81. The number of piperidine rings is 1. The number of thiazole rings is 1. The molecule has 0 bridgehead atoms. The van der Waals surface area contributed by atoms with Gasteiger partial charge in [0, 0.05) is 5.92 Å². The molecule has 0 aliphatic carbocycles. The van der Waals surface area contributed by atoms with Gasteiger partial charge in [-0.1, -0.05) is 24.3 Å². The molecule has 1 fully saturated rings. The largest absolute Gasteiger partial charge is 0.322 e. The number of carbonyl (C=O) groups excluding carboxylic acids is 1. The molecule has 134 valence electrons. The predicted octanol–water partition coefficient (Wildman–Crippen LogP) is 4.25. The van der Waals surface area contributed by atoms with Crippen LogP contribution in [-0.2, 0) is 4.79 Å². The van der Waals surface area contributed by atoms with E-state index in [1.165, 1.54) is 15.8 Å². The van der Waals surface area contributed by atoms with Crippen LogP contribution in [-0.4, -0.2) is 35.4 Å². The SMILES string of the molecule is O=C(CN1CCC(c2nc3ccccc3s2)CC1)Nc1ccccc1F. The van der Waals surface area contributed by atoms with Crippen molar-refractivity contribution < 1.29 is 9.18 Å². The summed E-state index contributed by atoms with van der Waals surface area (Å²) in [4.78, 5) is 19.1. The zero-order valence-electron chi connectivity index (χ0n) is 14.3. The molecule has 1 aliphatic heterocycles. The summed E-state index contributed by atoms with van der Waals surface area (Å²) in [7, 11) is 0. The zero-order valence-corrected chi connectivity index (χ0v) is 15.1. The minimum Gasteiger partial charge on any atom is -0.322 e. The van der Waals surface area contributed by atoms with Gasteiger partial charge in [-0.2, -0.15) is 0 Å². The number of rotatable bonds is 4. The third-order valence-electron chi connectivity index (χ3n) is 4.76. The molecule has 0 spiro atoms. The van der Waals surface area contributed by atoms with E-state index in [4.69, 9.17) is 4.98 Å². The minimum atomic E-state index is -0.407. The number of amides is 1. The Morgan fingerprint density at radius 1 is 1.15 bits per heavy atom. The number of hydrogen-bond donors (Lipinski definition) is 1. The monoisotopic (exact) mass is 369 g/mol. The number of benzene rings is 2. The molecule has 6 heteroatoms. The molecule has 1 N–H and O–H groups in total. The lowest BCUT2D eigenvalue weighted by molar-refractivity contribution is -0.117. The molecule has 0 unspecified atom stereocenters. The second-order valence-electron chi connectivity index (χ2n) is 6.60. The van der Waals surface area contributed by atoms with Gasteiger partial charge in [-0.15, -0.1) is 11.3 Å². The number of nitrogens with zero attached hydrogens (tertiary/aromatic N) is 2. The number of hydrogen-bond acceptors (Lipinski definition) is 4. The summed E-state index contributed by atoms with van der Waals surface area (Å²) in [6.07, 6.45) is 1.99. The molecule has 1 saturated heterocycles. The Morgan fingerprint density at radius 2 is 1.88 bits per heavy atom. The van der Waals surface area contributed by atoms with Gasteiger partial charge in [0.25, 0.3) is 0 Å². The first kappa shape index (κ1) is 17.1. The molecule has 26 heavy (non-hydrogen) atoms. The molecule has 1 aromatic heterocycles. The van der Waals surface area contributed by atoms with E-state index in [1.54, 1.807) is 29.5 Å². The third kappa shape index (κ3) is 3.76. The van der Waals surface area contributed by atoms with E-state index in [2.05, 4.69) is 22.3 Å². The van der Waals surface area contributed by atoms with Gasteiger partial charge in [-0.05, 0) is 50.2 Å². The van der Waals surface area contributed by atoms with Crippen LogP contribution >= 0.6 is 11.3 Å². The van der Waals surface area contributed by atoms with Crippen molar-refractivity contribution in [1.82, 2.24) is 9.88 Å². The van der Waals surface area contributed by atoms with Crippen molar-refractivity contribution in [2.24, 2.45) is 0 Å². The van der Waals surface area contributed by atoms with Crippen molar-refractivity contribution in [2.45, 2.75) is 18.8 Å². The second kappa shape index (κ2) is 7.51. The van der Waals surface area contributed by atoms with Gasteiger partial charge >= 0.3 is 0 Å². The van der Waals surface area contributed by atoms with E-state index in [0.717, 1.165) is 31.4 Å². The van der Waals surface area contributed by atoms with Crippen molar-refractivity contribution in [2.75, 3.05) is 25.0 Å². The average Bonchev–Trinajstić information content (AvgIpc) is 3.08. The maximum Gasteiger partial charge on any atom is 0.238 e. The van der Waals surface area contributed by atoms with Gasteiger partial charge in [0.05, 0.1) is 27.5 Å². The summed E-state index contributed by atoms with van der Waals surface area (Å²) in [5, 5.41) is 3.85. The number of likely N-dealkylation sites (tertiary alicyclic amines) is 1. The van der Waals surface area contributed by atoms with E-state index in [1.807, 2.05) is 12.1 Å². The van der Waals surface area contributed by atoms with Crippen LogP contribution in [0.1, 0.15) is 23.8 Å². The predicted molar refractivity (Wildman–Crippen MR) is 103 cm³/mol. The van der Waals surface area contributed by atoms with E-state index < -0.39 is 5.82 Å². The quantitative estimate of drug-likeness (QED) is 0.748. The third-order valence-corrected chi connectivity index (χ3v) is 5.96. The highest BCUT2D eigenvalue weighted by Gasteiger charge is 2.24. The van der Waals surface area contributed by atoms with E-state index in [-0.39, 0.29) is 11.6 Å². The lowest BCUT2D eigenvalue weighted by Crippen LogP contribution is -2.38. The standard InChI is InChI=1S/C20H20FN3OS/c21-15-5-1-2-6-16(15)22-19(25)13-24-11-9-14(10-12-24)20-23-17-7-3-4-8-18(17)26-20/h1-8,14H,9-13H2,(H,22,25). The molecule has 2 heterocycles. The molecule has 2 aromatic carbocycles. The fourth-order valence-corrected chi connectivity index (χ4v) is 4.49. The van der Waals surface area contributed by atoms with Gasteiger partial charge < -0.3 is 5.32 Å². The average molecular weight is 369 g/mol. The zero-order chi connectivity index (χ0) is 17.9. The van der Waals surface area contributed by atoms with Gasteiger partial charge in [0.15, 0.2) is 0 Å². The Labute approximate surface area is 155 Å². The fourth-order valence-electron chi connectivity index (χ4n) is 3.36. The maximum absolute atomic E-state index is 13.6. The molecule has 3 aromatic rings. The molecular formula is C20H20FN3OS. The number of aromatic nitrogens is 1. The molecule has 1 amide bonds. The van der Waals surface area contributed by atoms with Gasteiger partial charge in [-0.25, -0.2) is 9.37 Å². The van der Waals surface area contributed by atoms with Crippen LogP contribution in [0.4, 0.5) is 10.1 Å². The maximum atomic E-state index is 13.6. The second-order valence-corrected chi connectivity index (χ2v) is 7.66. The number of halogens is 1. The van der Waals surface area contributed by atoms with E-state index >= 15 is 0 Å². The van der Waals surface area contributed by atoms with Crippen molar-refractivity contribution in [3.8, 4) is 0 Å². The van der Waals surface area contributed by atoms with Crippen LogP contribution in [0.15, 0.2) is 48.5 Å². The normalized spacial score (nSPS) is 16.0. The Morgan fingerprint density at radius 3 is 2.65 bits per heavy atom. The molecule has 0 saturated carbocycles. The smallest absolute Gasteiger partial charge is 0.238 e. The Balaban J connectivity index is 1.32. The molecular weight excluding hydrogens is 349 g/mol. The van der Waals surface area contributed by atoms with Gasteiger partial charge in [-0.3, -0.25) is 9.69 Å². The highest BCUT2D eigenvalue weighted by atomic mass is 32.1. The van der Waals surface area contributed by atoms with Crippen molar-refractivity contribution in [3.05, 3.63) is 59.4 Å². The highest BCUT2D eigenvalue weighted by Crippen LogP contribution is 2.33. The number of para-hydroxylation sites is 2. The lowest BCUT2D eigenvalue weighted by Gasteiger charge is -2.30. The van der Waals surface area contributed by atoms with Crippen molar-refractivity contribution in [3.63, 3.8) is 0 Å². The number of nitrogens with one attached hydrogen (secondary N) is 1. The van der Waals surface area contributed by atoms with Gasteiger partial charge in [0.1, 0.15) is 5.82 Å². The number of fused-ring (bicyclic) bond motifs is 1. The summed E-state index contributed by atoms with van der Waals surface area (Å²) in [5.41, 5.74) is 1.31. The molecule has 0 atom stereocenters. The molecule has 1 aliphatic rings. The van der Waals surface area contributed by atoms with Crippen LogP contribution in [0, 0.1) is 5.82 Å². The lowest BCUT2D eigenvalue weighted by atomic mass is 9.97. The Kier molecular flexibility index (Phi) is 4.95. The van der Waals surface area contributed by atoms with Crippen molar-refractivity contribution in [1.29, 1.82) is 0 Å². The van der Waals surface area contributed by atoms with Crippen LogP contribution in [0.25, 0.3) is 10.2 Å². The topological polar surface area (TPSA) is 45.2 Å². The van der Waals surface area contributed by atoms with Crippen LogP contribution in [0.2, 0.25) is 0 Å². The van der Waals surface area contributed by atoms with E-state index in [9.17, 15) is 9.18 Å². The van der Waals surface area contributed by atoms with E-state index in [0.29, 0.717) is 12.5 Å². The summed E-state index contributed by atoms with van der Waals surface area (Å²) >= 11 is 1.77. The summed E-state index contributed by atoms with van der Waals surface area (Å²) in [6, 6.07) is 14.5. The summed E-state index contributed by atoms with van der Waals surface area (Å²) in [6.45, 7) is 2.00. The number of anilines is 1. The highest BCUT2D eigenvalue weighted by molar-refractivity contribution is 7.18. The minimum absolute atomic E-state index is 0.173. The Hall–Kier alpha value is -2.31. The number of carbonyl (C=O) groups is 1. The Bertz CT molecular complexity index is 885. The van der Waals surface area contributed by atoms with Crippen molar-refractivity contribution >= 4 is 33.1 Å². The summed E-state index contributed by atoms with van der Waals surface area (Å²) in [5.74, 6) is -0.123. The fraction of sp³-hybridized carbons (Fsp3) is 0.300. The molecule has 0 radical (unpaired) electrons. The van der Waals surface area contributed by atoms with Crippen LogP contribution in [0.3, 0.4) is 0 Å².